The first-order chi connectivity index (χ1) is 16.5. The van der Waals surface area contributed by atoms with Crippen molar-refractivity contribution in [3.63, 3.8) is 0 Å². The predicted molar refractivity (Wildman–Crippen MR) is 141 cm³/mol. The predicted octanol–water partition coefficient (Wildman–Crippen LogP) is 8.67. The first kappa shape index (κ1) is 21.3. The van der Waals surface area contributed by atoms with Crippen LogP contribution in [0.25, 0.3) is 44.1 Å². The number of rotatable bonds is 4. The molecule has 0 saturated heterocycles. The summed E-state index contributed by atoms with van der Waals surface area (Å²) in [6.07, 6.45) is 8.45. The lowest BCUT2D eigenvalue weighted by Gasteiger charge is -2.17. The number of benzene rings is 2. The van der Waals surface area contributed by atoms with Gasteiger partial charge in [0.2, 0.25) is 5.71 Å². The Balaban J connectivity index is 1.63. The number of pyridine rings is 2. The highest BCUT2D eigenvalue weighted by molar-refractivity contribution is 6.11. The van der Waals surface area contributed by atoms with Crippen molar-refractivity contribution in [2.24, 2.45) is 5.92 Å². The van der Waals surface area contributed by atoms with Gasteiger partial charge in [-0.05, 0) is 91.3 Å². The van der Waals surface area contributed by atoms with Crippen molar-refractivity contribution in [3.05, 3.63) is 71.0 Å². The van der Waals surface area contributed by atoms with Crippen LogP contribution >= 0.6 is 0 Å². The molecule has 0 radical (unpaired) electrons. The fraction of sp³-hybridized carbons (Fsp3) is 0.355. The van der Waals surface area contributed by atoms with E-state index < -0.39 is 0 Å². The van der Waals surface area contributed by atoms with Gasteiger partial charge in [-0.25, -0.2) is 4.98 Å². The molecule has 1 aliphatic rings. The second kappa shape index (κ2) is 8.23. The van der Waals surface area contributed by atoms with Gasteiger partial charge in [0, 0.05) is 33.6 Å². The number of hydrogen-bond acceptors (Lipinski definition) is 3. The first-order valence-electron chi connectivity index (χ1n) is 12.7. The average Bonchev–Trinajstić information content (AvgIpc) is 3.45. The van der Waals surface area contributed by atoms with Crippen LogP contribution < -0.4 is 0 Å². The van der Waals surface area contributed by atoms with E-state index in [9.17, 15) is 0 Å². The number of aryl methyl sites for hydroxylation is 2. The molecule has 3 heterocycles. The normalized spacial score (nSPS) is 14.9. The Labute approximate surface area is 201 Å². The quantitative estimate of drug-likeness (QED) is 0.276. The van der Waals surface area contributed by atoms with Gasteiger partial charge in [-0.1, -0.05) is 44.9 Å². The number of nitrogens with zero attached hydrogens (tertiary/aromatic N) is 2. The molecule has 3 heteroatoms. The fourth-order valence-electron chi connectivity index (χ4n) is 5.86. The molecule has 0 unspecified atom stereocenters. The third kappa shape index (κ3) is 3.58. The Bertz CT molecular complexity index is 1540. The maximum atomic E-state index is 6.38. The Hall–Kier alpha value is -3.20. The third-order valence-corrected chi connectivity index (χ3v) is 7.40. The van der Waals surface area contributed by atoms with Crippen molar-refractivity contribution in [1.29, 1.82) is 0 Å². The molecule has 5 aromatic rings. The maximum absolute atomic E-state index is 6.38. The van der Waals surface area contributed by atoms with E-state index in [2.05, 4.69) is 74.4 Å². The molecule has 2 aromatic carbocycles. The van der Waals surface area contributed by atoms with E-state index in [1.165, 1.54) is 53.1 Å². The van der Waals surface area contributed by atoms with Gasteiger partial charge in [0.05, 0.1) is 5.69 Å². The molecular weight excluding hydrogens is 416 g/mol. The van der Waals surface area contributed by atoms with E-state index in [0.29, 0.717) is 17.5 Å². The van der Waals surface area contributed by atoms with Gasteiger partial charge in [0.1, 0.15) is 5.58 Å². The number of fused-ring (bicyclic) bond motifs is 4. The molecule has 0 N–H and O–H groups in total. The van der Waals surface area contributed by atoms with Crippen LogP contribution in [0, 0.1) is 19.8 Å². The highest BCUT2D eigenvalue weighted by Crippen LogP contribution is 2.42. The maximum Gasteiger partial charge on any atom is 0.227 e. The number of furan rings is 1. The summed E-state index contributed by atoms with van der Waals surface area (Å²) < 4.78 is 6.38. The Morgan fingerprint density at radius 1 is 0.912 bits per heavy atom. The summed E-state index contributed by atoms with van der Waals surface area (Å²) in [7, 11) is 0. The van der Waals surface area contributed by atoms with Crippen molar-refractivity contribution < 1.29 is 4.42 Å². The van der Waals surface area contributed by atoms with Crippen LogP contribution in [-0.4, -0.2) is 9.97 Å². The second-order valence-corrected chi connectivity index (χ2v) is 10.6. The first-order valence-corrected chi connectivity index (χ1v) is 12.7. The van der Waals surface area contributed by atoms with Gasteiger partial charge in [-0.3, -0.25) is 4.98 Å². The second-order valence-electron chi connectivity index (χ2n) is 10.6. The Morgan fingerprint density at radius 3 is 2.50 bits per heavy atom. The monoisotopic (exact) mass is 448 g/mol. The van der Waals surface area contributed by atoms with Crippen LogP contribution in [0.15, 0.2) is 53.1 Å². The number of hydrogen-bond donors (Lipinski definition) is 0. The lowest BCUT2D eigenvalue weighted by atomic mass is 9.89. The highest BCUT2D eigenvalue weighted by atomic mass is 16.3. The molecule has 1 aliphatic carbocycles. The minimum absolute atomic E-state index is 0.620. The zero-order chi connectivity index (χ0) is 23.4. The number of aromatic nitrogens is 2. The summed E-state index contributed by atoms with van der Waals surface area (Å²) in [6, 6.07) is 15.6. The van der Waals surface area contributed by atoms with E-state index in [1.807, 2.05) is 6.92 Å². The molecule has 1 fully saturated rings. The van der Waals surface area contributed by atoms with E-state index in [4.69, 9.17) is 9.40 Å². The SMILES string of the molecule is Cc1cc(-c2ncc(C3CCCC3)c3cc(CC(C)C)ccc23)c2oc3nc(C)ccc3c2c1. The Morgan fingerprint density at radius 2 is 1.71 bits per heavy atom. The minimum Gasteiger partial charge on any atom is -0.437 e. The summed E-state index contributed by atoms with van der Waals surface area (Å²) in [5.41, 5.74) is 8.66. The Kier molecular flexibility index (Phi) is 5.17. The molecule has 0 spiro atoms. The van der Waals surface area contributed by atoms with E-state index in [0.717, 1.165) is 39.7 Å². The van der Waals surface area contributed by atoms with Gasteiger partial charge in [0.25, 0.3) is 0 Å². The lowest BCUT2D eigenvalue weighted by Crippen LogP contribution is -2.00. The zero-order valence-corrected chi connectivity index (χ0v) is 20.6. The van der Waals surface area contributed by atoms with Gasteiger partial charge < -0.3 is 4.42 Å². The molecule has 0 amide bonds. The van der Waals surface area contributed by atoms with Crippen LogP contribution in [0.1, 0.15) is 67.8 Å². The lowest BCUT2D eigenvalue weighted by molar-refractivity contribution is 0.647. The molecule has 34 heavy (non-hydrogen) atoms. The van der Waals surface area contributed by atoms with Crippen LogP contribution in [0.5, 0.6) is 0 Å². The third-order valence-electron chi connectivity index (χ3n) is 7.40. The van der Waals surface area contributed by atoms with Crippen molar-refractivity contribution in [2.75, 3.05) is 0 Å². The van der Waals surface area contributed by atoms with Crippen molar-refractivity contribution >= 4 is 32.8 Å². The standard InChI is InChI=1S/C31H32N2O/c1-18(2)13-21-10-12-23-25(16-21)28(22-7-5-6-8-22)17-32-29(23)27-15-19(3)14-26-24-11-9-20(4)33-31(24)34-30(26)27/h9-12,14-18,22H,5-8,13H2,1-4H3. The van der Waals surface area contributed by atoms with Crippen molar-refractivity contribution in [1.82, 2.24) is 9.97 Å². The highest BCUT2D eigenvalue weighted by Gasteiger charge is 2.23. The smallest absolute Gasteiger partial charge is 0.227 e. The minimum atomic E-state index is 0.620. The molecular formula is C31H32N2O. The molecule has 0 atom stereocenters. The van der Waals surface area contributed by atoms with Gasteiger partial charge in [0.15, 0.2) is 0 Å². The largest absolute Gasteiger partial charge is 0.437 e. The van der Waals surface area contributed by atoms with E-state index in [-0.39, 0.29) is 0 Å². The summed E-state index contributed by atoms with van der Waals surface area (Å²) in [4.78, 5) is 9.77. The average molecular weight is 449 g/mol. The molecule has 3 nitrogen and oxygen atoms in total. The van der Waals surface area contributed by atoms with Crippen LogP contribution in [0.4, 0.5) is 0 Å². The van der Waals surface area contributed by atoms with E-state index in [1.54, 1.807) is 0 Å². The van der Waals surface area contributed by atoms with Crippen LogP contribution in [0.2, 0.25) is 0 Å². The van der Waals surface area contributed by atoms with Crippen molar-refractivity contribution in [3.8, 4) is 11.3 Å². The topological polar surface area (TPSA) is 38.9 Å². The molecule has 3 aromatic heterocycles. The molecule has 1 saturated carbocycles. The summed E-state index contributed by atoms with van der Waals surface area (Å²) in [6.45, 7) is 8.74. The van der Waals surface area contributed by atoms with Gasteiger partial charge in [-0.15, -0.1) is 0 Å². The molecule has 172 valence electrons. The van der Waals surface area contributed by atoms with E-state index >= 15 is 0 Å². The molecule has 6 rings (SSSR count). The fourth-order valence-corrected chi connectivity index (χ4v) is 5.86. The summed E-state index contributed by atoms with van der Waals surface area (Å²) in [5, 5.41) is 4.78. The molecule has 0 aliphatic heterocycles. The van der Waals surface area contributed by atoms with Crippen LogP contribution in [0.3, 0.4) is 0 Å². The summed E-state index contributed by atoms with van der Waals surface area (Å²) >= 11 is 0. The van der Waals surface area contributed by atoms with Gasteiger partial charge in [-0.2, -0.15) is 0 Å². The summed E-state index contributed by atoms with van der Waals surface area (Å²) in [5.74, 6) is 1.26. The molecule has 0 bridgehead atoms. The van der Waals surface area contributed by atoms with Crippen LogP contribution in [-0.2, 0) is 6.42 Å². The zero-order valence-electron chi connectivity index (χ0n) is 20.6. The van der Waals surface area contributed by atoms with Gasteiger partial charge >= 0.3 is 0 Å². The van der Waals surface area contributed by atoms with Crippen molar-refractivity contribution in [2.45, 2.75) is 65.7 Å².